The molecule has 10 heteroatoms. The lowest BCUT2D eigenvalue weighted by atomic mass is 10.2. The van der Waals surface area contributed by atoms with Gasteiger partial charge in [-0.05, 0) is 23.8 Å². The molecule has 0 amide bonds. The summed E-state index contributed by atoms with van der Waals surface area (Å²) in [6, 6.07) is 8.08. The molecule has 0 atom stereocenters. The van der Waals surface area contributed by atoms with Gasteiger partial charge in [0, 0.05) is 43.6 Å². The van der Waals surface area contributed by atoms with Crippen LogP contribution in [0.25, 0.3) is 11.2 Å². The molecular formula is C20H18ClFN6O2. The highest BCUT2D eigenvalue weighted by atomic mass is 35.5. The molecule has 3 aromatic heterocycles. The molecule has 0 aliphatic carbocycles. The summed E-state index contributed by atoms with van der Waals surface area (Å²) in [4.78, 5) is 33.8. The zero-order chi connectivity index (χ0) is 21.4. The van der Waals surface area contributed by atoms with E-state index >= 15 is 0 Å². The molecule has 0 fully saturated rings. The second-order valence-corrected chi connectivity index (χ2v) is 7.22. The van der Waals surface area contributed by atoms with Crippen LogP contribution in [0.1, 0.15) is 11.1 Å². The second kappa shape index (κ2) is 7.75. The van der Waals surface area contributed by atoms with E-state index in [1.54, 1.807) is 24.5 Å². The third-order valence-corrected chi connectivity index (χ3v) is 5.25. The highest BCUT2D eigenvalue weighted by molar-refractivity contribution is 6.31. The molecule has 30 heavy (non-hydrogen) atoms. The quantitative estimate of drug-likeness (QED) is 0.527. The standard InChI is InChI=1S/C20H18ClFN6O2/c1-26-17-16(18(29)27(2)20(26)30)28(11-13-14(21)6-3-7-15(13)22)19(25-17)24-10-12-5-4-8-23-9-12/h3-9H,10-11H2,1-2H3,(H,24,25). The summed E-state index contributed by atoms with van der Waals surface area (Å²) < 4.78 is 18.3. The van der Waals surface area contributed by atoms with Crippen molar-refractivity contribution in [1.82, 2.24) is 23.7 Å². The van der Waals surface area contributed by atoms with Gasteiger partial charge in [0.15, 0.2) is 11.2 Å². The predicted octanol–water partition coefficient (Wildman–Crippen LogP) is 2.28. The van der Waals surface area contributed by atoms with Gasteiger partial charge in [0.2, 0.25) is 5.95 Å². The first-order chi connectivity index (χ1) is 14.4. The number of pyridine rings is 1. The largest absolute Gasteiger partial charge is 0.351 e. The molecule has 1 N–H and O–H groups in total. The van der Waals surface area contributed by atoms with E-state index in [9.17, 15) is 14.0 Å². The van der Waals surface area contributed by atoms with Crippen LogP contribution >= 0.6 is 11.6 Å². The van der Waals surface area contributed by atoms with E-state index in [4.69, 9.17) is 11.6 Å². The van der Waals surface area contributed by atoms with Gasteiger partial charge < -0.3 is 5.32 Å². The molecule has 0 unspecified atom stereocenters. The molecule has 0 spiro atoms. The summed E-state index contributed by atoms with van der Waals surface area (Å²) in [6.07, 6.45) is 3.36. The minimum atomic E-state index is -0.525. The van der Waals surface area contributed by atoms with Crippen molar-refractivity contribution in [2.24, 2.45) is 14.1 Å². The van der Waals surface area contributed by atoms with Crippen molar-refractivity contribution in [3.05, 3.63) is 85.5 Å². The van der Waals surface area contributed by atoms with Crippen molar-refractivity contribution in [1.29, 1.82) is 0 Å². The predicted molar refractivity (Wildman–Crippen MR) is 112 cm³/mol. The van der Waals surface area contributed by atoms with Gasteiger partial charge in [-0.2, -0.15) is 4.98 Å². The fourth-order valence-electron chi connectivity index (χ4n) is 3.26. The Kier molecular flexibility index (Phi) is 5.13. The van der Waals surface area contributed by atoms with E-state index < -0.39 is 17.1 Å². The molecule has 4 aromatic rings. The maximum absolute atomic E-state index is 14.5. The van der Waals surface area contributed by atoms with Crippen LogP contribution in [0, 0.1) is 5.82 Å². The highest BCUT2D eigenvalue weighted by Crippen LogP contribution is 2.24. The average Bonchev–Trinajstić information content (AvgIpc) is 3.11. The zero-order valence-corrected chi connectivity index (χ0v) is 17.0. The molecular weight excluding hydrogens is 411 g/mol. The number of aryl methyl sites for hydroxylation is 1. The summed E-state index contributed by atoms with van der Waals surface area (Å²) in [5.74, 6) is -0.185. The molecule has 4 rings (SSSR count). The molecule has 8 nitrogen and oxygen atoms in total. The van der Waals surface area contributed by atoms with Crippen molar-refractivity contribution in [2.45, 2.75) is 13.1 Å². The average molecular weight is 429 g/mol. The number of halogens is 2. The first-order valence-electron chi connectivity index (χ1n) is 9.10. The smallest absolute Gasteiger partial charge is 0.332 e. The molecule has 1 aromatic carbocycles. The Morgan fingerprint density at radius 2 is 1.93 bits per heavy atom. The number of rotatable bonds is 5. The summed E-state index contributed by atoms with van der Waals surface area (Å²) in [5.41, 5.74) is 0.458. The maximum atomic E-state index is 14.5. The van der Waals surface area contributed by atoms with Gasteiger partial charge in [-0.25, -0.2) is 9.18 Å². The van der Waals surface area contributed by atoms with Crippen LogP contribution in [0.4, 0.5) is 10.3 Å². The first-order valence-corrected chi connectivity index (χ1v) is 9.48. The van der Waals surface area contributed by atoms with Crippen molar-refractivity contribution in [2.75, 3.05) is 5.32 Å². The van der Waals surface area contributed by atoms with Gasteiger partial charge in [-0.3, -0.25) is 23.5 Å². The molecule has 0 bridgehead atoms. The van der Waals surface area contributed by atoms with Crippen LogP contribution in [-0.4, -0.2) is 23.7 Å². The lowest BCUT2D eigenvalue weighted by molar-refractivity contribution is 0.601. The molecule has 0 aliphatic heterocycles. The van der Waals surface area contributed by atoms with E-state index in [0.717, 1.165) is 10.1 Å². The number of hydrogen-bond donors (Lipinski definition) is 1. The number of imidazole rings is 1. The third-order valence-electron chi connectivity index (χ3n) is 4.90. The minimum absolute atomic E-state index is 0.0369. The lowest BCUT2D eigenvalue weighted by Crippen LogP contribution is -2.37. The van der Waals surface area contributed by atoms with E-state index in [2.05, 4.69) is 15.3 Å². The maximum Gasteiger partial charge on any atom is 0.332 e. The van der Waals surface area contributed by atoms with Crippen LogP contribution in [0.2, 0.25) is 5.02 Å². The van der Waals surface area contributed by atoms with E-state index in [1.807, 2.05) is 6.07 Å². The van der Waals surface area contributed by atoms with Crippen molar-refractivity contribution < 1.29 is 4.39 Å². The molecule has 0 radical (unpaired) electrons. The Hall–Kier alpha value is -3.46. The fraction of sp³-hybridized carbons (Fsp3) is 0.200. The summed E-state index contributed by atoms with van der Waals surface area (Å²) >= 11 is 6.21. The Morgan fingerprint density at radius 3 is 2.63 bits per heavy atom. The van der Waals surface area contributed by atoms with Gasteiger partial charge in [-0.1, -0.05) is 23.7 Å². The van der Waals surface area contributed by atoms with E-state index in [1.165, 1.54) is 35.4 Å². The first kappa shape index (κ1) is 19.8. The van der Waals surface area contributed by atoms with Gasteiger partial charge in [0.1, 0.15) is 5.82 Å². The number of aromatic nitrogens is 5. The highest BCUT2D eigenvalue weighted by Gasteiger charge is 2.21. The van der Waals surface area contributed by atoms with Crippen molar-refractivity contribution in [3.63, 3.8) is 0 Å². The lowest BCUT2D eigenvalue weighted by Gasteiger charge is -2.12. The number of nitrogens with zero attached hydrogens (tertiary/aromatic N) is 5. The zero-order valence-electron chi connectivity index (χ0n) is 16.3. The Bertz CT molecular complexity index is 1340. The van der Waals surface area contributed by atoms with Crippen LogP contribution < -0.4 is 16.6 Å². The molecule has 0 saturated carbocycles. The molecule has 0 saturated heterocycles. The Morgan fingerprint density at radius 1 is 1.13 bits per heavy atom. The van der Waals surface area contributed by atoms with Crippen LogP contribution in [0.3, 0.4) is 0 Å². The fourth-order valence-corrected chi connectivity index (χ4v) is 3.48. The third kappa shape index (κ3) is 3.37. The number of nitrogens with one attached hydrogen (secondary N) is 1. The van der Waals surface area contributed by atoms with Crippen LogP contribution in [0.15, 0.2) is 52.3 Å². The van der Waals surface area contributed by atoms with Gasteiger partial charge >= 0.3 is 5.69 Å². The van der Waals surface area contributed by atoms with Gasteiger partial charge in [0.25, 0.3) is 5.56 Å². The SMILES string of the molecule is Cn1c(=O)c2c(nc(NCc3cccnc3)n2Cc2c(F)cccc2Cl)n(C)c1=O. The number of hydrogen-bond acceptors (Lipinski definition) is 5. The van der Waals surface area contributed by atoms with Crippen LogP contribution in [-0.2, 0) is 27.2 Å². The summed E-state index contributed by atoms with van der Waals surface area (Å²) in [7, 11) is 2.92. The summed E-state index contributed by atoms with van der Waals surface area (Å²) in [5, 5.41) is 3.39. The van der Waals surface area contributed by atoms with Crippen molar-refractivity contribution in [3.8, 4) is 0 Å². The van der Waals surface area contributed by atoms with Gasteiger partial charge in [0.05, 0.1) is 6.54 Å². The number of fused-ring (bicyclic) bond motifs is 1. The monoisotopic (exact) mass is 428 g/mol. The Labute approximate surface area is 175 Å². The number of anilines is 1. The summed E-state index contributed by atoms with van der Waals surface area (Å²) in [6.45, 7) is 0.335. The van der Waals surface area contributed by atoms with E-state index in [-0.39, 0.29) is 28.3 Å². The molecule has 154 valence electrons. The Balaban J connectivity index is 1.90. The normalized spacial score (nSPS) is 11.2. The van der Waals surface area contributed by atoms with E-state index in [0.29, 0.717) is 12.5 Å². The molecule has 0 aliphatic rings. The number of benzene rings is 1. The van der Waals surface area contributed by atoms with Gasteiger partial charge in [-0.15, -0.1) is 0 Å². The topological polar surface area (TPSA) is 86.7 Å². The van der Waals surface area contributed by atoms with Crippen molar-refractivity contribution >= 4 is 28.7 Å². The molecule has 3 heterocycles. The second-order valence-electron chi connectivity index (χ2n) is 6.81. The minimum Gasteiger partial charge on any atom is -0.351 e. The van der Waals surface area contributed by atoms with Crippen LogP contribution in [0.5, 0.6) is 0 Å².